The summed E-state index contributed by atoms with van der Waals surface area (Å²) in [5.74, 6) is 0.866. The molecule has 0 unspecified atom stereocenters. The van der Waals surface area contributed by atoms with Gasteiger partial charge in [-0.2, -0.15) is 0 Å². The van der Waals surface area contributed by atoms with Crippen molar-refractivity contribution in [2.45, 2.75) is 26.3 Å². The summed E-state index contributed by atoms with van der Waals surface area (Å²) in [5, 5.41) is 0. The minimum atomic E-state index is -0.0356. The number of hydrogen-bond acceptors (Lipinski definition) is 2. The molecule has 0 atom stereocenters. The second-order valence-electron chi connectivity index (χ2n) is 4.32. The highest BCUT2D eigenvalue weighted by atomic mass is 127. The zero-order valence-electron chi connectivity index (χ0n) is 9.54. The fraction of sp³-hybridized carbons (Fsp3) is 0.417. The van der Waals surface area contributed by atoms with Crippen LogP contribution in [0.4, 0.5) is 0 Å². The smallest absolute Gasteiger partial charge is 0.119 e. The predicted molar refractivity (Wildman–Crippen MR) is 73.1 cm³/mol. The molecule has 3 heteroatoms. The van der Waals surface area contributed by atoms with Crippen molar-refractivity contribution in [3.63, 3.8) is 0 Å². The molecule has 0 saturated heterocycles. The summed E-state index contributed by atoms with van der Waals surface area (Å²) >= 11 is 2.30. The van der Waals surface area contributed by atoms with Gasteiger partial charge in [0, 0.05) is 15.3 Å². The molecular weight excluding hydrogens is 301 g/mol. The third-order valence-electron chi connectivity index (χ3n) is 1.79. The van der Waals surface area contributed by atoms with E-state index in [1.54, 1.807) is 7.11 Å². The van der Waals surface area contributed by atoms with E-state index >= 15 is 0 Å². The second kappa shape index (κ2) is 4.96. The average molecular weight is 317 g/mol. The van der Waals surface area contributed by atoms with E-state index in [2.05, 4.69) is 48.4 Å². The Hall–Kier alpha value is -0.580. The quantitative estimate of drug-likeness (QED) is 0.604. The van der Waals surface area contributed by atoms with Crippen LogP contribution in [-0.2, 0) is 0 Å². The van der Waals surface area contributed by atoms with Gasteiger partial charge in [0.1, 0.15) is 5.75 Å². The normalized spacial score (nSPS) is 12.1. The first-order valence-electron chi connectivity index (χ1n) is 4.81. The minimum absolute atomic E-state index is 0.0356. The molecule has 0 fully saturated rings. The van der Waals surface area contributed by atoms with Crippen LogP contribution >= 0.6 is 22.6 Å². The number of rotatable bonds is 2. The van der Waals surface area contributed by atoms with Gasteiger partial charge in [0.25, 0.3) is 0 Å². The lowest BCUT2D eigenvalue weighted by Gasteiger charge is -2.11. The first-order chi connectivity index (χ1) is 6.92. The second-order valence-corrected chi connectivity index (χ2v) is 5.48. The molecular formula is C12H16INO. The van der Waals surface area contributed by atoms with E-state index in [1.165, 1.54) is 3.57 Å². The highest BCUT2D eigenvalue weighted by Gasteiger charge is 2.06. The largest absolute Gasteiger partial charge is 0.497 e. The zero-order valence-corrected chi connectivity index (χ0v) is 11.7. The molecule has 1 aromatic rings. The van der Waals surface area contributed by atoms with Crippen LogP contribution in [0.15, 0.2) is 23.2 Å². The fourth-order valence-corrected chi connectivity index (χ4v) is 1.49. The maximum Gasteiger partial charge on any atom is 0.119 e. The van der Waals surface area contributed by atoms with Crippen LogP contribution in [0.1, 0.15) is 26.3 Å². The molecule has 0 heterocycles. The summed E-state index contributed by atoms with van der Waals surface area (Å²) in [4.78, 5) is 4.48. The van der Waals surface area contributed by atoms with Gasteiger partial charge in [-0.3, -0.25) is 4.99 Å². The molecule has 0 saturated carbocycles. The summed E-state index contributed by atoms with van der Waals surface area (Å²) in [6.07, 6.45) is 1.91. The van der Waals surface area contributed by atoms with Crippen LogP contribution in [-0.4, -0.2) is 18.9 Å². The summed E-state index contributed by atoms with van der Waals surface area (Å²) in [5.41, 5.74) is 1.07. The zero-order chi connectivity index (χ0) is 11.5. The molecule has 0 amide bonds. The molecule has 1 aromatic carbocycles. The summed E-state index contributed by atoms with van der Waals surface area (Å²) in [7, 11) is 1.67. The van der Waals surface area contributed by atoms with E-state index in [1.807, 2.05) is 24.4 Å². The lowest BCUT2D eigenvalue weighted by Crippen LogP contribution is -2.09. The molecule has 0 aliphatic heterocycles. The van der Waals surface area contributed by atoms with Crippen LogP contribution in [0.3, 0.4) is 0 Å². The molecule has 0 N–H and O–H groups in total. The maximum atomic E-state index is 5.18. The molecule has 0 aliphatic rings. The van der Waals surface area contributed by atoms with Crippen LogP contribution in [0.5, 0.6) is 5.75 Å². The molecule has 1 rings (SSSR count). The number of benzene rings is 1. The Balaban J connectivity index is 2.98. The van der Waals surface area contributed by atoms with Crippen molar-refractivity contribution in [2.75, 3.05) is 7.11 Å². The first kappa shape index (κ1) is 12.5. The van der Waals surface area contributed by atoms with E-state index in [0.29, 0.717) is 0 Å². The van der Waals surface area contributed by atoms with Crippen molar-refractivity contribution in [1.82, 2.24) is 0 Å². The van der Waals surface area contributed by atoms with Gasteiger partial charge in [-0.05, 0) is 61.6 Å². The monoisotopic (exact) mass is 317 g/mol. The van der Waals surface area contributed by atoms with E-state index in [9.17, 15) is 0 Å². The third kappa shape index (κ3) is 4.20. The van der Waals surface area contributed by atoms with Crippen molar-refractivity contribution in [3.8, 4) is 5.75 Å². The van der Waals surface area contributed by atoms with E-state index in [0.717, 1.165) is 11.3 Å². The van der Waals surface area contributed by atoms with Gasteiger partial charge < -0.3 is 4.74 Å². The Kier molecular flexibility index (Phi) is 4.13. The number of methoxy groups -OCH3 is 1. The van der Waals surface area contributed by atoms with Gasteiger partial charge in [0.2, 0.25) is 0 Å². The Morgan fingerprint density at radius 3 is 2.53 bits per heavy atom. The van der Waals surface area contributed by atoms with Gasteiger partial charge in [-0.25, -0.2) is 0 Å². The van der Waals surface area contributed by atoms with Crippen LogP contribution in [0.25, 0.3) is 0 Å². The fourth-order valence-electron chi connectivity index (χ4n) is 1.01. The van der Waals surface area contributed by atoms with Gasteiger partial charge in [-0.15, -0.1) is 0 Å². The van der Waals surface area contributed by atoms with Crippen molar-refractivity contribution in [2.24, 2.45) is 4.99 Å². The van der Waals surface area contributed by atoms with E-state index in [-0.39, 0.29) is 5.54 Å². The molecule has 0 radical (unpaired) electrons. The van der Waals surface area contributed by atoms with Gasteiger partial charge in [-0.1, -0.05) is 0 Å². The van der Waals surface area contributed by atoms with Gasteiger partial charge >= 0.3 is 0 Å². The minimum Gasteiger partial charge on any atom is -0.497 e. The summed E-state index contributed by atoms with van der Waals surface area (Å²) < 4.78 is 6.36. The number of ether oxygens (including phenoxy) is 1. The Morgan fingerprint density at radius 1 is 1.33 bits per heavy atom. The SMILES string of the molecule is COc1ccc(I)c(/C=N/C(C)(C)C)c1. The average Bonchev–Trinajstić information content (AvgIpc) is 2.15. The summed E-state index contributed by atoms with van der Waals surface area (Å²) in [6.45, 7) is 6.24. The molecule has 15 heavy (non-hydrogen) atoms. The Morgan fingerprint density at radius 2 is 2.00 bits per heavy atom. The lowest BCUT2D eigenvalue weighted by atomic mass is 10.1. The third-order valence-corrected chi connectivity index (χ3v) is 2.78. The van der Waals surface area contributed by atoms with Crippen LogP contribution in [0, 0.1) is 3.57 Å². The molecule has 0 aromatic heterocycles. The standard InChI is InChI=1S/C12H16INO/c1-12(2,3)14-8-9-7-10(15-4)5-6-11(9)13/h5-8H,1-4H3/b14-8+. The van der Waals surface area contributed by atoms with E-state index in [4.69, 9.17) is 4.74 Å². The number of hydrogen-bond donors (Lipinski definition) is 0. The highest BCUT2D eigenvalue weighted by Crippen LogP contribution is 2.18. The Bertz CT molecular complexity index is 366. The van der Waals surface area contributed by atoms with Crippen LogP contribution < -0.4 is 4.74 Å². The number of aliphatic imine (C=N–C) groups is 1. The predicted octanol–water partition coefficient (Wildman–Crippen LogP) is 3.52. The molecule has 0 aliphatic carbocycles. The van der Waals surface area contributed by atoms with E-state index < -0.39 is 0 Å². The number of halogens is 1. The molecule has 0 spiro atoms. The van der Waals surface area contributed by atoms with Crippen molar-refractivity contribution < 1.29 is 4.74 Å². The topological polar surface area (TPSA) is 21.6 Å². The first-order valence-corrected chi connectivity index (χ1v) is 5.89. The highest BCUT2D eigenvalue weighted by molar-refractivity contribution is 14.1. The van der Waals surface area contributed by atoms with Crippen molar-refractivity contribution >= 4 is 28.8 Å². The molecule has 82 valence electrons. The summed E-state index contributed by atoms with van der Waals surface area (Å²) in [6, 6.07) is 5.98. The lowest BCUT2D eigenvalue weighted by molar-refractivity contribution is 0.414. The maximum absolute atomic E-state index is 5.18. The molecule has 2 nitrogen and oxygen atoms in total. The molecule has 0 bridgehead atoms. The van der Waals surface area contributed by atoms with Crippen molar-refractivity contribution in [1.29, 1.82) is 0 Å². The van der Waals surface area contributed by atoms with Gasteiger partial charge in [0.15, 0.2) is 0 Å². The Labute approximate surface area is 105 Å². The van der Waals surface area contributed by atoms with Crippen molar-refractivity contribution in [3.05, 3.63) is 27.3 Å². The van der Waals surface area contributed by atoms with Gasteiger partial charge in [0.05, 0.1) is 12.6 Å². The van der Waals surface area contributed by atoms with Crippen LogP contribution in [0.2, 0.25) is 0 Å². The number of nitrogens with zero attached hydrogens (tertiary/aromatic N) is 1.